The van der Waals surface area contributed by atoms with Gasteiger partial charge in [-0.25, -0.2) is 4.98 Å². The highest BCUT2D eigenvalue weighted by Crippen LogP contribution is 2.23. The molecule has 6 nitrogen and oxygen atoms in total. The van der Waals surface area contributed by atoms with Crippen LogP contribution in [0.5, 0.6) is 5.75 Å². The second-order valence-electron chi connectivity index (χ2n) is 4.08. The Balaban J connectivity index is 2.00. The number of nitrogens with zero attached hydrogens (tertiary/aromatic N) is 1. The molecule has 1 aromatic heterocycles. The predicted octanol–water partition coefficient (Wildman–Crippen LogP) is 0.927. The third-order valence-corrected chi connectivity index (χ3v) is 2.70. The molecule has 0 saturated heterocycles. The molecule has 0 spiro atoms. The molecule has 0 aliphatic carbocycles. The number of carbonyl (C=O) groups excluding carboxylic acids is 1. The summed E-state index contributed by atoms with van der Waals surface area (Å²) in [7, 11) is 1.55. The standard InChI is InChI=1S/C13H16N4O2/c1-19-12-5-3-2-4-11(12)17-13(18)10(14)6-9-7-15-8-16-9/h2-5,7-8,10H,6,14H2,1H3,(H,15,16)(H,17,18)/t10-/m0/s1. The number of aromatic nitrogens is 2. The first-order chi connectivity index (χ1) is 9.20. The molecule has 0 bridgehead atoms. The van der Waals surface area contributed by atoms with Crippen molar-refractivity contribution in [2.24, 2.45) is 5.73 Å². The number of ether oxygens (including phenoxy) is 1. The first-order valence-electron chi connectivity index (χ1n) is 5.87. The Morgan fingerprint density at radius 2 is 2.32 bits per heavy atom. The van der Waals surface area contributed by atoms with Crippen LogP contribution < -0.4 is 15.8 Å². The molecular weight excluding hydrogens is 244 g/mol. The Hall–Kier alpha value is -2.34. The fourth-order valence-corrected chi connectivity index (χ4v) is 1.70. The van der Waals surface area contributed by atoms with Crippen LogP contribution in [0.3, 0.4) is 0 Å². The van der Waals surface area contributed by atoms with Gasteiger partial charge in [0.25, 0.3) is 0 Å². The monoisotopic (exact) mass is 260 g/mol. The van der Waals surface area contributed by atoms with Gasteiger partial charge in [0.2, 0.25) is 5.91 Å². The van der Waals surface area contributed by atoms with Gasteiger partial charge >= 0.3 is 0 Å². The highest BCUT2D eigenvalue weighted by atomic mass is 16.5. The van der Waals surface area contributed by atoms with Gasteiger partial charge in [-0.05, 0) is 12.1 Å². The van der Waals surface area contributed by atoms with Crippen molar-refractivity contribution in [1.29, 1.82) is 0 Å². The van der Waals surface area contributed by atoms with E-state index < -0.39 is 6.04 Å². The highest BCUT2D eigenvalue weighted by Gasteiger charge is 2.16. The predicted molar refractivity (Wildman–Crippen MR) is 71.9 cm³/mol. The molecule has 4 N–H and O–H groups in total. The molecule has 0 saturated carbocycles. The first kappa shape index (κ1) is 13.1. The van der Waals surface area contributed by atoms with Crippen LogP contribution in [-0.4, -0.2) is 29.0 Å². The molecule has 19 heavy (non-hydrogen) atoms. The largest absolute Gasteiger partial charge is 0.495 e. The molecule has 1 aromatic carbocycles. The zero-order valence-corrected chi connectivity index (χ0v) is 10.6. The zero-order valence-electron chi connectivity index (χ0n) is 10.6. The fourth-order valence-electron chi connectivity index (χ4n) is 1.70. The number of nitrogens with one attached hydrogen (secondary N) is 2. The van der Waals surface area contributed by atoms with Crippen molar-refractivity contribution in [3.8, 4) is 5.75 Å². The Bertz CT molecular complexity index is 539. The molecule has 0 fully saturated rings. The fraction of sp³-hybridized carbons (Fsp3) is 0.231. The number of imidazole rings is 1. The number of amides is 1. The molecule has 2 aromatic rings. The summed E-state index contributed by atoms with van der Waals surface area (Å²) < 4.78 is 5.16. The molecule has 100 valence electrons. The second kappa shape index (κ2) is 6.01. The molecule has 1 atom stereocenters. The van der Waals surface area contributed by atoms with Crippen molar-refractivity contribution < 1.29 is 9.53 Å². The van der Waals surface area contributed by atoms with Crippen molar-refractivity contribution in [2.45, 2.75) is 12.5 Å². The molecule has 0 aliphatic heterocycles. The SMILES string of the molecule is COc1ccccc1NC(=O)[C@@H](N)Cc1cnc[nH]1. The van der Waals surface area contributed by atoms with Crippen LogP contribution in [0.1, 0.15) is 5.69 Å². The lowest BCUT2D eigenvalue weighted by molar-refractivity contribution is -0.117. The number of H-pyrrole nitrogens is 1. The van der Waals surface area contributed by atoms with E-state index in [-0.39, 0.29) is 5.91 Å². The number of anilines is 1. The summed E-state index contributed by atoms with van der Waals surface area (Å²) in [4.78, 5) is 18.8. The van der Waals surface area contributed by atoms with Gasteiger partial charge in [-0.15, -0.1) is 0 Å². The zero-order chi connectivity index (χ0) is 13.7. The highest BCUT2D eigenvalue weighted by molar-refractivity contribution is 5.96. The van der Waals surface area contributed by atoms with Gasteiger partial charge in [-0.3, -0.25) is 4.79 Å². The molecular formula is C13H16N4O2. The van der Waals surface area contributed by atoms with Crippen molar-refractivity contribution in [3.05, 3.63) is 42.5 Å². The van der Waals surface area contributed by atoms with Gasteiger partial charge in [0, 0.05) is 18.3 Å². The van der Waals surface area contributed by atoms with E-state index in [2.05, 4.69) is 15.3 Å². The van der Waals surface area contributed by atoms with E-state index >= 15 is 0 Å². The van der Waals surface area contributed by atoms with Crippen LogP contribution in [-0.2, 0) is 11.2 Å². The normalized spacial score (nSPS) is 11.9. The number of hydrogen-bond donors (Lipinski definition) is 3. The third kappa shape index (κ3) is 3.32. The van der Waals surface area contributed by atoms with Gasteiger partial charge in [-0.1, -0.05) is 12.1 Å². The number of benzene rings is 1. The van der Waals surface area contributed by atoms with Crippen molar-refractivity contribution in [2.75, 3.05) is 12.4 Å². The van der Waals surface area contributed by atoms with E-state index in [1.165, 1.54) is 0 Å². The number of carbonyl (C=O) groups is 1. The Kier molecular flexibility index (Phi) is 4.15. The molecule has 1 heterocycles. The summed E-state index contributed by atoms with van der Waals surface area (Å²) >= 11 is 0. The minimum Gasteiger partial charge on any atom is -0.495 e. The minimum atomic E-state index is -0.648. The number of rotatable bonds is 5. The van der Waals surface area contributed by atoms with Crippen molar-refractivity contribution in [1.82, 2.24) is 9.97 Å². The number of aromatic amines is 1. The number of methoxy groups -OCH3 is 1. The van der Waals surface area contributed by atoms with Gasteiger partial charge in [0.1, 0.15) is 5.75 Å². The molecule has 6 heteroatoms. The molecule has 0 radical (unpaired) electrons. The van der Waals surface area contributed by atoms with Gasteiger partial charge in [0.15, 0.2) is 0 Å². The average molecular weight is 260 g/mol. The quantitative estimate of drug-likeness (QED) is 0.745. The lowest BCUT2D eigenvalue weighted by Crippen LogP contribution is -2.37. The van der Waals surface area contributed by atoms with Gasteiger partial charge < -0.3 is 20.8 Å². The summed E-state index contributed by atoms with van der Waals surface area (Å²) in [6, 6.07) is 6.54. The van der Waals surface area contributed by atoms with Crippen LogP contribution in [0.2, 0.25) is 0 Å². The van der Waals surface area contributed by atoms with Crippen LogP contribution in [0.15, 0.2) is 36.8 Å². The Labute approximate surface area is 111 Å². The van der Waals surface area contributed by atoms with E-state index in [0.717, 1.165) is 5.69 Å². The lowest BCUT2D eigenvalue weighted by Gasteiger charge is -2.13. The topological polar surface area (TPSA) is 93.0 Å². The Morgan fingerprint density at radius 3 is 3.00 bits per heavy atom. The summed E-state index contributed by atoms with van der Waals surface area (Å²) in [5, 5.41) is 2.75. The van der Waals surface area contributed by atoms with Crippen LogP contribution in [0.25, 0.3) is 0 Å². The van der Waals surface area contributed by atoms with Crippen molar-refractivity contribution in [3.63, 3.8) is 0 Å². The van der Waals surface area contributed by atoms with E-state index in [1.54, 1.807) is 31.8 Å². The van der Waals surface area contributed by atoms with Crippen LogP contribution in [0, 0.1) is 0 Å². The number of para-hydroxylation sites is 2. The minimum absolute atomic E-state index is 0.265. The van der Waals surface area contributed by atoms with E-state index in [9.17, 15) is 4.79 Å². The Morgan fingerprint density at radius 1 is 1.53 bits per heavy atom. The molecule has 0 unspecified atom stereocenters. The lowest BCUT2D eigenvalue weighted by atomic mass is 10.1. The first-order valence-corrected chi connectivity index (χ1v) is 5.87. The number of hydrogen-bond acceptors (Lipinski definition) is 4. The van der Waals surface area contributed by atoms with E-state index in [0.29, 0.717) is 17.9 Å². The van der Waals surface area contributed by atoms with Gasteiger partial charge in [0.05, 0.1) is 25.2 Å². The van der Waals surface area contributed by atoms with E-state index in [4.69, 9.17) is 10.5 Å². The third-order valence-electron chi connectivity index (χ3n) is 2.70. The summed E-state index contributed by atoms with van der Waals surface area (Å²) in [5.41, 5.74) is 7.28. The maximum absolute atomic E-state index is 12.0. The molecule has 1 amide bonds. The molecule has 0 aliphatic rings. The maximum Gasteiger partial charge on any atom is 0.241 e. The van der Waals surface area contributed by atoms with Crippen LogP contribution >= 0.6 is 0 Å². The number of nitrogens with two attached hydrogens (primary N) is 1. The summed E-state index contributed by atoms with van der Waals surface area (Å²) in [6.07, 6.45) is 3.61. The summed E-state index contributed by atoms with van der Waals surface area (Å²) in [5.74, 6) is 0.337. The van der Waals surface area contributed by atoms with Gasteiger partial charge in [-0.2, -0.15) is 0 Å². The van der Waals surface area contributed by atoms with E-state index in [1.807, 2.05) is 12.1 Å². The van der Waals surface area contributed by atoms with Crippen molar-refractivity contribution >= 4 is 11.6 Å². The maximum atomic E-state index is 12.0. The second-order valence-corrected chi connectivity index (χ2v) is 4.08. The van der Waals surface area contributed by atoms with Crippen LogP contribution in [0.4, 0.5) is 5.69 Å². The molecule has 2 rings (SSSR count). The average Bonchev–Trinajstić information content (AvgIpc) is 2.92. The summed E-state index contributed by atoms with van der Waals surface area (Å²) in [6.45, 7) is 0. The smallest absolute Gasteiger partial charge is 0.241 e.